The lowest BCUT2D eigenvalue weighted by atomic mass is 9.67. The maximum absolute atomic E-state index is 6.87. The molecule has 8 aromatic rings. The quantitative estimate of drug-likeness (QED) is 0.175. The van der Waals surface area contributed by atoms with E-state index in [1.165, 1.54) is 71.6 Å². The monoisotopic (exact) mass is 604 g/mol. The van der Waals surface area contributed by atoms with Crippen LogP contribution < -0.4 is 0 Å². The first-order chi connectivity index (χ1) is 22.7. The standard InChI is InChI=1S/C45H29Cl/c46-33-26-27-37(40-28-30-14-7-8-19-34(30)35-20-9-10-21-36(35)40)41(29-33)38-23-13-25-43-44(38)39-22-11-12-24-42(39)45(43,31-15-3-1-4-16-31)32-17-5-2-6-18-32/h1-29H. The molecule has 0 bridgehead atoms. The van der Waals surface area contributed by atoms with Crippen molar-refractivity contribution in [3.8, 4) is 33.4 Å². The summed E-state index contributed by atoms with van der Waals surface area (Å²) in [5.74, 6) is 0. The molecule has 0 heterocycles. The summed E-state index contributed by atoms with van der Waals surface area (Å²) in [6.45, 7) is 0. The van der Waals surface area contributed by atoms with E-state index >= 15 is 0 Å². The van der Waals surface area contributed by atoms with Gasteiger partial charge in [-0.3, -0.25) is 0 Å². The van der Waals surface area contributed by atoms with Crippen molar-refractivity contribution in [3.05, 3.63) is 203 Å². The minimum atomic E-state index is -0.459. The second-order valence-corrected chi connectivity index (χ2v) is 12.6. The van der Waals surface area contributed by atoms with Gasteiger partial charge in [0.05, 0.1) is 5.41 Å². The second kappa shape index (κ2) is 10.6. The van der Waals surface area contributed by atoms with E-state index in [9.17, 15) is 0 Å². The van der Waals surface area contributed by atoms with E-state index in [2.05, 4.69) is 170 Å². The van der Waals surface area contributed by atoms with Crippen molar-refractivity contribution in [1.82, 2.24) is 0 Å². The minimum Gasteiger partial charge on any atom is -0.0843 e. The van der Waals surface area contributed by atoms with Gasteiger partial charge in [0.25, 0.3) is 0 Å². The molecule has 0 saturated carbocycles. The third-order valence-corrected chi connectivity index (χ3v) is 10.0. The molecule has 1 heteroatoms. The molecule has 0 aromatic heterocycles. The molecule has 1 aliphatic carbocycles. The summed E-state index contributed by atoms with van der Waals surface area (Å²) >= 11 is 6.87. The predicted octanol–water partition coefficient (Wildman–Crippen LogP) is 12.3. The number of benzene rings is 8. The molecule has 0 spiro atoms. The number of hydrogen-bond donors (Lipinski definition) is 0. The zero-order valence-corrected chi connectivity index (χ0v) is 25.9. The Morgan fingerprint density at radius 1 is 0.348 bits per heavy atom. The van der Waals surface area contributed by atoms with Crippen LogP contribution in [-0.2, 0) is 5.41 Å². The highest BCUT2D eigenvalue weighted by molar-refractivity contribution is 6.31. The van der Waals surface area contributed by atoms with Gasteiger partial charge in [0.15, 0.2) is 0 Å². The van der Waals surface area contributed by atoms with Gasteiger partial charge in [-0.15, -0.1) is 0 Å². The lowest BCUT2D eigenvalue weighted by Crippen LogP contribution is -2.28. The summed E-state index contributed by atoms with van der Waals surface area (Å²) in [4.78, 5) is 0. The van der Waals surface area contributed by atoms with Gasteiger partial charge in [-0.1, -0.05) is 169 Å². The lowest BCUT2D eigenvalue weighted by Gasteiger charge is -2.34. The van der Waals surface area contributed by atoms with Crippen LogP contribution >= 0.6 is 11.6 Å². The molecule has 46 heavy (non-hydrogen) atoms. The highest BCUT2D eigenvalue weighted by Crippen LogP contribution is 2.58. The van der Waals surface area contributed by atoms with E-state index in [-0.39, 0.29) is 0 Å². The summed E-state index contributed by atoms with van der Waals surface area (Å²) in [5.41, 5.74) is 11.9. The number of hydrogen-bond acceptors (Lipinski definition) is 0. The fourth-order valence-electron chi connectivity index (χ4n) is 7.97. The van der Waals surface area contributed by atoms with Crippen LogP contribution in [0.1, 0.15) is 22.3 Å². The Kier molecular flexibility index (Phi) is 6.20. The summed E-state index contributed by atoms with van der Waals surface area (Å²) in [7, 11) is 0. The minimum absolute atomic E-state index is 0.459. The number of rotatable bonds is 4. The molecule has 0 N–H and O–H groups in total. The molecular weight excluding hydrogens is 576 g/mol. The topological polar surface area (TPSA) is 0 Å². The Morgan fingerprint density at radius 3 is 1.70 bits per heavy atom. The third kappa shape index (κ3) is 3.87. The van der Waals surface area contributed by atoms with Crippen LogP contribution in [0, 0.1) is 0 Å². The lowest BCUT2D eigenvalue weighted by molar-refractivity contribution is 0.768. The van der Waals surface area contributed by atoms with Gasteiger partial charge in [0.2, 0.25) is 0 Å². The number of fused-ring (bicyclic) bond motifs is 6. The summed E-state index contributed by atoms with van der Waals surface area (Å²) in [6.07, 6.45) is 0. The van der Waals surface area contributed by atoms with E-state index in [1.54, 1.807) is 0 Å². The van der Waals surface area contributed by atoms with Crippen molar-refractivity contribution < 1.29 is 0 Å². The largest absolute Gasteiger partial charge is 0.0843 e. The Balaban J connectivity index is 1.39. The van der Waals surface area contributed by atoms with Gasteiger partial charge < -0.3 is 0 Å². The van der Waals surface area contributed by atoms with Crippen LogP contribution in [0.2, 0.25) is 5.02 Å². The van der Waals surface area contributed by atoms with Crippen molar-refractivity contribution >= 4 is 33.1 Å². The molecule has 1 aliphatic rings. The molecule has 0 nitrogen and oxygen atoms in total. The first-order valence-electron chi connectivity index (χ1n) is 15.8. The fraction of sp³-hybridized carbons (Fsp3) is 0.0222. The molecule has 8 aromatic carbocycles. The molecule has 0 saturated heterocycles. The Morgan fingerprint density at radius 2 is 0.935 bits per heavy atom. The highest BCUT2D eigenvalue weighted by atomic mass is 35.5. The zero-order valence-electron chi connectivity index (χ0n) is 25.1. The molecule has 0 aliphatic heterocycles. The molecule has 0 atom stereocenters. The maximum Gasteiger partial charge on any atom is 0.0713 e. The van der Waals surface area contributed by atoms with Crippen LogP contribution in [0.25, 0.3) is 54.9 Å². The Hall–Kier alpha value is -5.43. The first kappa shape index (κ1) is 26.9. The van der Waals surface area contributed by atoms with Crippen LogP contribution in [-0.4, -0.2) is 0 Å². The normalized spacial score (nSPS) is 13.1. The second-order valence-electron chi connectivity index (χ2n) is 12.1. The highest BCUT2D eigenvalue weighted by Gasteiger charge is 2.46. The molecule has 0 radical (unpaired) electrons. The van der Waals surface area contributed by atoms with Crippen LogP contribution in [0.4, 0.5) is 0 Å². The van der Waals surface area contributed by atoms with Crippen LogP contribution in [0.3, 0.4) is 0 Å². The SMILES string of the molecule is Clc1ccc(-c2cc3ccccc3c3ccccc23)c(-c2cccc3c2-c2ccccc2C3(c2ccccc2)c2ccccc2)c1. The van der Waals surface area contributed by atoms with Gasteiger partial charge in [0, 0.05) is 5.02 Å². The van der Waals surface area contributed by atoms with Gasteiger partial charge in [-0.2, -0.15) is 0 Å². The Bertz CT molecular complexity index is 2380. The van der Waals surface area contributed by atoms with E-state index in [0.717, 1.165) is 10.6 Å². The molecule has 0 fully saturated rings. The van der Waals surface area contributed by atoms with Crippen molar-refractivity contribution in [2.45, 2.75) is 5.41 Å². The fourth-order valence-corrected chi connectivity index (χ4v) is 8.14. The van der Waals surface area contributed by atoms with Crippen LogP contribution in [0.5, 0.6) is 0 Å². The van der Waals surface area contributed by atoms with Gasteiger partial charge in [-0.05, 0) is 95.4 Å². The maximum atomic E-state index is 6.87. The molecule has 0 amide bonds. The van der Waals surface area contributed by atoms with Crippen molar-refractivity contribution in [3.63, 3.8) is 0 Å². The van der Waals surface area contributed by atoms with Crippen LogP contribution in [0.15, 0.2) is 176 Å². The Labute approximate surface area is 274 Å². The molecular formula is C45H29Cl. The van der Waals surface area contributed by atoms with E-state index in [4.69, 9.17) is 11.6 Å². The van der Waals surface area contributed by atoms with E-state index in [1.807, 2.05) is 6.07 Å². The summed E-state index contributed by atoms with van der Waals surface area (Å²) < 4.78 is 0. The average Bonchev–Trinajstić information content (AvgIpc) is 3.43. The van der Waals surface area contributed by atoms with Gasteiger partial charge >= 0.3 is 0 Å². The first-order valence-corrected chi connectivity index (χ1v) is 16.2. The molecule has 216 valence electrons. The molecule has 9 rings (SSSR count). The summed E-state index contributed by atoms with van der Waals surface area (Å²) in [5, 5.41) is 5.72. The van der Waals surface area contributed by atoms with Crippen molar-refractivity contribution in [1.29, 1.82) is 0 Å². The van der Waals surface area contributed by atoms with E-state index in [0.29, 0.717) is 0 Å². The smallest absolute Gasteiger partial charge is 0.0713 e. The zero-order chi connectivity index (χ0) is 30.7. The summed E-state index contributed by atoms with van der Waals surface area (Å²) in [6, 6.07) is 63.9. The van der Waals surface area contributed by atoms with Gasteiger partial charge in [-0.25, -0.2) is 0 Å². The van der Waals surface area contributed by atoms with Crippen molar-refractivity contribution in [2.75, 3.05) is 0 Å². The van der Waals surface area contributed by atoms with E-state index < -0.39 is 5.41 Å². The molecule has 0 unspecified atom stereocenters. The third-order valence-electron chi connectivity index (χ3n) is 9.81. The van der Waals surface area contributed by atoms with Gasteiger partial charge in [0.1, 0.15) is 0 Å². The van der Waals surface area contributed by atoms with Crippen molar-refractivity contribution in [2.24, 2.45) is 0 Å². The predicted molar refractivity (Wildman–Crippen MR) is 195 cm³/mol. The average molecular weight is 605 g/mol. The number of halogens is 1.